The van der Waals surface area contributed by atoms with Crippen LogP contribution in [-0.4, -0.2) is 22.9 Å². The van der Waals surface area contributed by atoms with E-state index in [0.29, 0.717) is 12.5 Å². The molecule has 3 nitrogen and oxygen atoms in total. The second-order valence-electron chi connectivity index (χ2n) is 8.61. The zero-order valence-electron chi connectivity index (χ0n) is 18.2. The third-order valence-corrected chi connectivity index (χ3v) is 7.21. The quantitative estimate of drug-likeness (QED) is 0.528. The number of benzene rings is 1. The zero-order chi connectivity index (χ0) is 20.9. The van der Waals surface area contributed by atoms with Gasteiger partial charge in [0.1, 0.15) is 5.75 Å². The summed E-state index contributed by atoms with van der Waals surface area (Å²) in [7, 11) is 0. The van der Waals surface area contributed by atoms with E-state index in [1.165, 1.54) is 16.0 Å². The Hall–Kier alpha value is -1.36. The van der Waals surface area contributed by atoms with Crippen LogP contribution < -0.4 is 4.74 Å². The molecule has 2 unspecified atom stereocenters. The van der Waals surface area contributed by atoms with E-state index in [1.54, 1.807) is 11.3 Å². The van der Waals surface area contributed by atoms with Crippen LogP contribution in [0, 0.1) is 19.3 Å². The molecule has 28 heavy (non-hydrogen) atoms. The van der Waals surface area contributed by atoms with E-state index >= 15 is 0 Å². The van der Waals surface area contributed by atoms with Gasteiger partial charge >= 0.3 is 0 Å². The summed E-state index contributed by atoms with van der Waals surface area (Å²) in [6.07, 6.45) is 2.84. The molecule has 2 rings (SSSR count). The number of rotatable bonds is 10. The van der Waals surface area contributed by atoms with Crippen LogP contribution in [0.1, 0.15) is 72.9 Å². The molecule has 0 saturated heterocycles. The largest absolute Gasteiger partial charge is 0.493 e. The molecule has 1 aromatic carbocycles. The first kappa shape index (κ1) is 22.9. The molecule has 156 valence electrons. The molecule has 4 heteroatoms. The molecule has 1 heterocycles. The first-order valence-corrected chi connectivity index (χ1v) is 11.1. The molecule has 2 N–H and O–H groups in total. The summed E-state index contributed by atoms with van der Waals surface area (Å²) in [6.45, 7) is 12.9. The van der Waals surface area contributed by atoms with Crippen molar-refractivity contribution < 1.29 is 14.9 Å². The summed E-state index contributed by atoms with van der Waals surface area (Å²) in [4.78, 5) is 2.48. The molecule has 0 amide bonds. The number of thiophene rings is 1. The van der Waals surface area contributed by atoms with Gasteiger partial charge in [-0.25, -0.2) is 0 Å². The van der Waals surface area contributed by atoms with Gasteiger partial charge in [0.15, 0.2) is 0 Å². The van der Waals surface area contributed by atoms with Crippen LogP contribution in [-0.2, 0) is 13.0 Å². The zero-order valence-corrected chi connectivity index (χ0v) is 19.0. The molecule has 0 saturated carbocycles. The first-order valence-electron chi connectivity index (χ1n) is 10.3. The van der Waals surface area contributed by atoms with Crippen molar-refractivity contribution in [3.8, 4) is 5.75 Å². The lowest BCUT2D eigenvalue weighted by Crippen LogP contribution is -2.32. The van der Waals surface area contributed by atoms with Crippen molar-refractivity contribution in [3.05, 3.63) is 50.7 Å². The number of aryl methyl sites for hydroxylation is 3. The van der Waals surface area contributed by atoms with Gasteiger partial charge in [-0.05, 0) is 74.8 Å². The average molecular weight is 405 g/mol. The standard InChI is InChI=1S/C24H36O3S/c1-7-20(22-13-17(3)23(14-25)28-22)10-8-19-9-11-21(16(2)12-19)27-15-24(5,6)18(4)26/h9,11-13,18,20,25-26H,7-8,10,14-15H2,1-6H3. The normalized spacial score (nSPS) is 14.1. The van der Waals surface area contributed by atoms with Crippen LogP contribution in [0.15, 0.2) is 24.3 Å². The van der Waals surface area contributed by atoms with Crippen molar-refractivity contribution in [3.63, 3.8) is 0 Å². The van der Waals surface area contributed by atoms with Crippen molar-refractivity contribution in [1.82, 2.24) is 0 Å². The number of aliphatic hydroxyl groups excluding tert-OH is 2. The molecule has 0 fully saturated rings. The Morgan fingerprint density at radius 2 is 1.86 bits per heavy atom. The lowest BCUT2D eigenvalue weighted by atomic mass is 9.89. The summed E-state index contributed by atoms with van der Waals surface area (Å²) >= 11 is 1.75. The maximum Gasteiger partial charge on any atom is 0.122 e. The fraction of sp³-hybridized carbons (Fsp3) is 0.583. The van der Waals surface area contributed by atoms with Gasteiger partial charge < -0.3 is 14.9 Å². The van der Waals surface area contributed by atoms with Gasteiger partial charge in [-0.1, -0.05) is 32.9 Å². The lowest BCUT2D eigenvalue weighted by molar-refractivity contribution is 0.0282. The fourth-order valence-corrected chi connectivity index (χ4v) is 4.46. The molecule has 0 aliphatic heterocycles. The van der Waals surface area contributed by atoms with E-state index < -0.39 is 6.10 Å². The predicted octanol–water partition coefficient (Wildman–Crippen LogP) is 5.77. The summed E-state index contributed by atoms with van der Waals surface area (Å²) < 4.78 is 5.98. The van der Waals surface area contributed by atoms with Crippen LogP contribution in [0.3, 0.4) is 0 Å². The van der Waals surface area contributed by atoms with Crippen LogP contribution in [0.25, 0.3) is 0 Å². The maximum atomic E-state index is 9.85. The van der Waals surface area contributed by atoms with Crippen molar-refractivity contribution in [2.75, 3.05) is 6.61 Å². The van der Waals surface area contributed by atoms with Crippen LogP contribution in [0.5, 0.6) is 5.75 Å². The van der Waals surface area contributed by atoms with Crippen LogP contribution in [0.4, 0.5) is 0 Å². The van der Waals surface area contributed by atoms with Gasteiger partial charge in [0.25, 0.3) is 0 Å². The summed E-state index contributed by atoms with van der Waals surface area (Å²) in [5.74, 6) is 1.43. The minimum Gasteiger partial charge on any atom is -0.493 e. The van der Waals surface area contributed by atoms with E-state index in [2.05, 4.69) is 45.0 Å². The molecular weight excluding hydrogens is 368 g/mol. The second kappa shape index (κ2) is 9.91. The summed E-state index contributed by atoms with van der Waals surface area (Å²) in [5, 5.41) is 19.3. The molecule has 0 spiro atoms. The molecule has 2 atom stereocenters. The topological polar surface area (TPSA) is 49.7 Å². The van der Waals surface area contributed by atoms with Gasteiger partial charge in [0.2, 0.25) is 0 Å². The minimum absolute atomic E-state index is 0.138. The fourth-order valence-electron chi connectivity index (χ4n) is 3.21. The predicted molar refractivity (Wildman–Crippen MR) is 118 cm³/mol. The van der Waals surface area contributed by atoms with Crippen LogP contribution in [0.2, 0.25) is 0 Å². The summed E-state index contributed by atoms with van der Waals surface area (Å²) in [6, 6.07) is 8.68. The van der Waals surface area contributed by atoms with E-state index in [0.717, 1.165) is 35.5 Å². The first-order chi connectivity index (χ1) is 13.2. The van der Waals surface area contributed by atoms with Crippen molar-refractivity contribution >= 4 is 11.3 Å². The third-order valence-electron chi connectivity index (χ3n) is 5.83. The van der Waals surface area contributed by atoms with Crippen molar-refractivity contribution in [1.29, 1.82) is 0 Å². The highest BCUT2D eigenvalue weighted by molar-refractivity contribution is 7.12. The van der Waals surface area contributed by atoms with Crippen molar-refractivity contribution in [2.24, 2.45) is 5.41 Å². The van der Waals surface area contributed by atoms with Crippen LogP contribution >= 0.6 is 11.3 Å². The average Bonchev–Trinajstić information content (AvgIpc) is 3.02. The van der Waals surface area contributed by atoms with E-state index in [9.17, 15) is 10.2 Å². The summed E-state index contributed by atoms with van der Waals surface area (Å²) in [5.41, 5.74) is 3.40. The van der Waals surface area contributed by atoms with E-state index in [4.69, 9.17) is 4.74 Å². The van der Waals surface area contributed by atoms with Gasteiger partial charge in [-0.3, -0.25) is 0 Å². The monoisotopic (exact) mass is 404 g/mol. The number of ether oxygens (including phenoxy) is 1. The highest BCUT2D eigenvalue weighted by atomic mass is 32.1. The molecule has 0 bridgehead atoms. The van der Waals surface area contributed by atoms with E-state index in [1.807, 2.05) is 20.8 Å². The molecule has 1 aromatic heterocycles. The number of aliphatic hydroxyl groups is 2. The highest BCUT2D eigenvalue weighted by Crippen LogP contribution is 2.34. The van der Waals surface area contributed by atoms with Crippen molar-refractivity contribution in [2.45, 2.75) is 79.4 Å². The minimum atomic E-state index is -0.412. The Kier molecular flexibility index (Phi) is 8.11. The van der Waals surface area contributed by atoms with Gasteiger partial charge in [-0.15, -0.1) is 11.3 Å². The van der Waals surface area contributed by atoms with Gasteiger partial charge in [0, 0.05) is 15.2 Å². The highest BCUT2D eigenvalue weighted by Gasteiger charge is 2.25. The SMILES string of the molecule is CCC(CCc1ccc(OCC(C)(C)C(C)O)c(C)c1)c1cc(C)c(CO)s1. The van der Waals surface area contributed by atoms with Gasteiger partial charge in [-0.2, -0.15) is 0 Å². The van der Waals surface area contributed by atoms with E-state index in [-0.39, 0.29) is 12.0 Å². The Morgan fingerprint density at radius 3 is 2.39 bits per heavy atom. The Labute approximate surface area is 174 Å². The number of hydrogen-bond acceptors (Lipinski definition) is 4. The molecule has 2 aromatic rings. The second-order valence-corrected chi connectivity index (χ2v) is 9.78. The Morgan fingerprint density at radius 1 is 1.14 bits per heavy atom. The lowest BCUT2D eigenvalue weighted by Gasteiger charge is -2.28. The third kappa shape index (κ3) is 5.82. The molecule has 0 aliphatic rings. The Bertz CT molecular complexity index is 761. The molecule has 0 radical (unpaired) electrons. The van der Waals surface area contributed by atoms with Gasteiger partial charge in [0.05, 0.1) is 19.3 Å². The molecule has 0 aliphatic carbocycles. The molecular formula is C24H36O3S. The maximum absolute atomic E-state index is 9.85. The Balaban J connectivity index is 1.99. The number of hydrogen-bond donors (Lipinski definition) is 2. The smallest absolute Gasteiger partial charge is 0.122 e.